The van der Waals surface area contributed by atoms with Crippen molar-refractivity contribution in [2.75, 3.05) is 19.6 Å². The minimum absolute atomic E-state index is 0.164. The van der Waals surface area contributed by atoms with Gasteiger partial charge in [0.15, 0.2) is 0 Å². The highest BCUT2D eigenvalue weighted by molar-refractivity contribution is 5.69. The average molecular weight is 254 g/mol. The lowest BCUT2D eigenvalue weighted by Gasteiger charge is -2.61. The van der Waals surface area contributed by atoms with Crippen LogP contribution in [0.15, 0.2) is 0 Å². The fourth-order valence-electron chi connectivity index (χ4n) is 2.84. The van der Waals surface area contributed by atoms with Gasteiger partial charge in [-0.15, -0.1) is 0 Å². The maximum atomic E-state index is 11.9. The van der Waals surface area contributed by atoms with E-state index in [1.54, 1.807) is 0 Å². The molecule has 0 bridgehead atoms. The van der Waals surface area contributed by atoms with Crippen LogP contribution in [0.4, 0.5) is 4.79 Å². The van der Waals surface area contributed by atoms with Gasteiger partial charge in [-0.25, -0.2) is 4.79 Å². The number of nitrogens with one attached hydrogen (secondary N) is 1. The van der Waals surface area contributed by atoms with E-state index in [1.165, 1.54) is 6.42 Å². The summed E-state index contributed by atoms with van der Waals surface area (Å²) in [6.45, 7) is 13.0. The van der Waals surface area contributed by atoms with Crippen molar-refractivity contribution in [1.29, 1.82) is 0 Å². The van der Waals surface area contributed by atoms with Gasteiger partial charge in [0.05, 0.1) is 0 Å². The Labute approximate surface area is 110 Å². The second-order valence-electron chi connectivity index (χ2n) is 7.26. The van der Waals surface area contributed by atoms with Gasteiger partial charge in [-0.1, -0.05) is 13.8 Å². The number of ether oxygens (including phenoxy) is 1. The van der Waals surface area contributed by atoms with Crippen LogP contribution in [0.3, 0.4) is 0 Å². The van der Waals surface area contributed by atoms with Gasteiger partial charge in [-0.2, -0.15) is 0 Å². The van der Waals surface area contributed by atoms with Crippen LogP contribution >= 0.6 is 0 Å². The molecule has 0 unspecified atom stereocenters. The zero-order valence-electron chi connectivity index (χ0n) is 12.2. The van der Waals surface area contributed by atoms with Crippen LogP contribution in [0.2, 0.25) is 0 Å². The molecule has 4 nitrogen and oxygen atoms in total. The van der Waals surface area contributed by atoms with E-state index >= 15 is 0 Å². The first-order chi connectivity index (χ1) is 8.22. The molecule has 2 saturated heterocycles. The van der Waals surface area contributed by atoms with Crippen LogP contribution in [-0.2, 0) is 4.74 Å². The van der Waals surface area contributed by atoms with E-state index in [0.29, 0.717) is 17.4 Å². The van der Waals surface area contributed by atoms with Crippen LogP contribution in [0.1, 0.15) is 41.0 Å². The Morgan fingerprint density at radius 2 is 2.06 bits per heavy atom. The van der Waals surface area contributed by atoms with Crippen molar-refractivity contribution in [2.45, 2.75) is 52.7 Å². The number of carbonyl (C=O) groups excluding carboxylic acids is 1. The molecular formula is C14H26N2O2. The lowest BCUT2D eigenvalue weighted by atomic mass is 9.65. The number of carbonyl (C=O) groups is 1. The summed E-state index contributed by atoms with van der Waals surface area (Å²) >= 11 is 0. The standard InChI is InChI=1S/C14H26N2O2/c1-10(2)6-11-14(7-15-11)8-16(9-14)12(17)18-13(3,4)5/h10-11,15H,6-9H2,1-5H3/t11-/m0/s1. The number of hydrogen-bond acceptors (Lipinski definition) is 3. The molecular weight excluding hydrogens is 228 g/mol. The first-order valence-corrected chi connectivity index (χ1v) is 6.93. The summed E-state index contributed by atoms with van der Waals surface area (Å²) in [5.74, 6) is 0.704. The van der Waals surface area contributed by atoms with Crippen LogP contribution in [-0.4, -0.2) is 42.3 Å². The van der Waals surface area contributed by atoms with Gasteiger partial charge >= 0.3 is 6.09 Å². The van der Waals surface area contributed by atoms with Crippen molar-refractivity contribution >= 4 is 6.09 Å². The average Bonchev–Trinajstić information content (AvgIpc) is 2.07. The highest BCUT2D eigenvalue weighted by Gasteiger charge is 2.56. The van der Waals surface area contributed by atoms with E-state index in [1.807, 2.05) is 25.7 Å². The molecule has 0 aromatic heterocycles. The molecule has 1 atom stereocenters. The van der Waals surface area contributed by atoms with Crippen LogP contribution < -0.4 is 5.32 Å². The highest BCUT2D eigenvalue weighted by Crippen LogP contribution is 2.42. The van der Waals surface area contributed by atoms with E-state index < -0.39 is 5.60 Å². The van der Waals surface area contributed by atoms with Crippen molar-refractivity contribution in [3.05, 3.63) is 0 Å². The van der Waals surface area contributed by atoms with E-state index in [4.69, 9.17) is 4.74 Å². The van der Waals surface area contributed by atoms with Gasteiger partial charge in [0.25, 0.3) is 0 Å². The van der Waals surface area contributed by atoms with E-state index in [0.717, 1.165) is 19.6 Å². The largest absolute Gasteiger partial charge is 0.444 e. The summed E-state index contributed by atoms with van der Waals surface area (Å²) in [6, 6.07) is 0.580. The first kappa shape index (κ1) is 13.7. The highest BCUT2D eigenvalue weighted by atomic mass is 16.6. The van der Waals surface area contributed by atoms with Crippen LogP contribution in [0, 0.1) is 11.3 Å². The number of hydrogen-bond donors (Lipinski definition) is 1. The quantitative estimate of drug-likeness (QED) is 0.821. The lowest BCUT2D eigenvalue weighted by Crippen LogP contribution is -2.77. The maximum absolute atomic E-state index is 11.9. The Hall–Kier alpha value is -0.770. The van der Waals surface area contributed by atoms with Gasteiger partial charge in [0, 0.05) is 31.1 Å². The number of nitrogens with zero attached hydrogens (tertiary/aromatic N) is 1. The summed E-state index contributed by atoms with van der Waals surface area (Å²) in [4.78, 5) is 13.7. The Balaban J connectivity index is 1.81. The summed E-state index contributed by atoms with van der Waals surface area (Å²) in [5.41, 5.74) is -0.0593. The third kappa shape index (κ3) is 2.63. The third-order valence-electron chi connectivity index (χ3n) is 3.81. The van der Waals surface area contributed by atoms with E-state index in [9.17, 15) is 4.79 Å². The summed E-state index contributed by atoms with van der Waals surface area (Å²) in [6.07, 6.45) is 1.03. The van der Waals surface area contributed by atoms with Gasteiger partial charge in [-0.05, 0) is 33.1 Å². The van der Waals surface area contributed by atoms with Crippen molar-refractivity contribution < 1.29 is 9.53 Å². The van der Waals surface area contributed by atoms with Crippen LogP contribution in [0.25, 0.3) is 0 Å². The van der Waals surface area contributed by atoms with Crippen molar-refractivity contribution in [3.63, 3.8) is 0 Å². The Morgan fingerprint density at radius 1 is 1.44 bits per heavy atom. The molecule has 0 saturated carbocycles. The van der Waals surface area contributed by atoms with Crippen molar-refractivity contribution in [2.24, 2.45) is 11.3 Å². The number of likely N-dealkylation sites (tertiary alicyclic amines) is 1. The molecule has 2 fully saturated rings. The zero-order valence-corrected chi connectivity index (χ0v) is 12.2. The van der Waals surface area contributed by atoms with Gasteiger partial charge < -0.3 is 15.0 Å². The molecule has 1 N–H and O–H groups in total. The van der Waals surface area contributed by atoms with E-state index in [2.05, 4.69) is 19.2 Å². The first-order valence-electron chi connectivity index (χ1n) is 6.93. The second kappa shape index (κ2) is 4.41. The van der Waals surface area contributed by atoms with Gasteiger partial charge in [0.1, 0.15) is 5.60 Å². The monoisotopic (exact) mass is 254 g/mol. The summed E-state index contributed by atoms with van der Waals surface area (Å²) < 4.78 is 5.39. The molecule has 104 valence electrons. The molecule has 0 aromatic rings. The number of rotatable bonds is 2. The molecule has 1 spiro atoms. The molecule has 0 aromatic carbocycles. The third-order valence-corrected chi connectivity index (χ3v) is 3.81. The van der Waals surface area contributed by atoms with Crippen molar-refractivity contribution in [3.8, 4) is 0 Å². The molecule has 0 radical (unpaired) electrons. The molecule has 18 heavy (non-hydrogen) atoms. The molecule has 2 heterocycles. The van der Waals surface area contributed by atoms with Crippen LogP contribution in [0.5, 0.6) is 0 Å². The smallest absolute Gasteiger partial charge is 0.410 e. The Bertz CT molecular complexity index is 327. The molecule has 1 amide bonds. The molecule has 2 aliphatic rings. The van der Waals surface area contributed by atoms with Crippen molar-refractivity contribution in [1.82, 2.24) is 10.2 Å². The summed E-state index contributed by atoms with van der Waals surface area (Å²) in [7, 11) is 0. The Morgan fingerprint density at radius 3 is 2.44 bits per heavy atom. The fourth-order valence-corrected chi connectivity index (χ4v) is 2.84. The summed E-state index contributed by atoms with van der Waals surface area (Å²) in [5, 5.41) is 3.50. The fraction of sp³-hybridized carbons (Fsp3) is 0.929. The predicted molar refractivity (Wildman–Crippen MR) is 71.5 cm³/mol. The topological polar surface area (TPSA) is 41.6 Å². The van der Waals surface area contributed by atoms with E-state index in [-0.39, 0.29) is 6.09 Å². The SMILES string of the molecule is CC(C)C[C@@H]1NCC12CN(C(=O)OC(C)(C)C)C2. The molecule has 4 heteroatoms. The lowest BCUT2D eigenvalue weighted by molar-refractivity contribution is -0.0881. The predicted octanol–water partition coefficient (Wildman–Crippen LogP) is 2.24. The zero-order chi connectivity index (χ0) is 13.6. The second-order valence-corrected chi connectivity index (χ2v) is 7.26. The molecule has 2 aliphatic heterocycles. The minimum atomic E-state index is -0.394. The maximum Gasteiger partial charge on any atom is 0.410 e. The van der Waals surface area contributed by atoms with Gasteiger partial charge in [0.2, 0.25) is 0 Å². The molecule has 0 aliphatic carbocycles. The normalized spacial score (nSPS) is 25.9. The Kier molecular flexibility index (Phi) is 3.34. The van der Waals surface area contributed by atoms with Gasteiger partial charge in [-0.3, -0.25) is 0 Å². The number of amides is 1. The minimum Gasteiger partial charge on any atom is -0.444 e. The molecule has 2 rings (SSSR count).